The number of hydrogen-bond acceptors (Lipinski definition) is 4. The molecule has 2 heterocycles. The smallest absolute Gasteiger partial charge is 0.245 e. The molecule has 1 aromatic carbocycles. The van der Waals surface area contributed by atoms with Crippen molar-refractivity contribution < 1.29 is 9.90 Å². The molecule has 132 valence electrons. The van der Waals surface area contributed by atoms with Gasteiger partial charge in [-0.15, -0.1) is 0 Å². The van der Waals surface area contributed by atoms with Crippen LogP contribution in [0.15, 0.2) is 30.5 Å². The standard InChI is InChI=1S/C19H24N4O2/c1-13(15-4-5-15)23-18(6-8-20-23)21-19(25)11-22-9-7-16-3-2-14(12-24)10-17(16)22/h2-3,6,8,10,13,15,24H,4-5,7,9,11-12H2,1H3,(H,21,25). The summed E-state index contributed by atoms with van der Waals surface area (Å²) in [6.45, 7) is 3.32. The molecule has 4 rings (SSSR count). The van der Waals surface area contributed by atoms with Crippen LogP contribution in [-0.2, 0) is 17.8 Å². The SMILES string of the molecule is CC(C1CC1)n1nccc1NC(=O)CN1CCc2ccc(CO)cc21. The van der Waals surface area contributed by atoms with Crippen LogP contribution in [0, 0.1) is 5.92 Å². The number of aromatic nitrogens is 2. The van der Waals surface area contributed by atoms with Crippen LogP contribution in [-0.4, -0.2) is 33.9 Å². The minimum Gasteiger partial charge on any atom is -0.392 e. The van der Waals surface area contributed by atoms with E-state index in [1.165, 1.54) is 18.4 Å². The molecule has 1 aliphatic carbocycles. The van der Waals surface area contributed by atoms with Crippen molar-refractivity contribution in [2.45, 2.75) is 38.8 Å². The lowest BCUT2D eigenvalue weighted by atomic mass is 10.1. The van der Waals surface area contributed by atoms with E-state index >= 15 is 0 Å². The highest BCUT2D eigenvalue weighted by atomic mass is 16.3. The van der Waals surface area contributed by atoms with E-state index in [0.29, 0.717) is 18.5 Å². The van der Waals surface area contributed by atoms with Gasteiger partial charge in [-0.2, -0.15) is 5.10 Å². The van der Waals surface area contributed by atoms with Gasteiger partial charge in [-0.25, -0.2) is 4.68 Å². The number of aliphatic hydroxyl groups is 1. The van der Waals surface area contributed by atoms with Gasteiger partial charge in [-0.1, -0.05) is 12.1 Å². The summed E-state index contributed by atoms with van der Waals surface area (Å²) in [5, 5.41) is 16.7. The minimum absolute atomic E-state index is 0.0194. The lowest BCUT2D eigenvalue weighted by molar-refractivity contribution is -0.115. The quantitative estimate of drug-likeness (QED) is 0.847. The molecule has 1 saturated carbocycles. The van der Waals surface area contributed by atoms with E-state index in [-0.39, 0.29) is 12.5 Å². The monoisotopic (exact) mass is 340 g/mol. The second kappa shape index (κ2) is 6.52. The molecule has 6 heteroatoms. The number of carbonyl (C=O) groups excluding carboxylic acids is 1. The highest BCUT2D eigenvalue weighted by molar-refractivity contribution is 5.93. The Balaban J connectivity index is 1.43. The number of amides is 1. The molecule has 0 bridgehead atoms. The Morgan fingerprint density at radius 3 is 3.00 bits per heavy atom. The first-order valence-corrected chi connectivity index (χ1v) is 8.96. The highest BCUT2D eigenvalue weighted by Crippen LogP contribution is 2.40. The van der Waals surface area contributed by atoms with Crippen LogP contribution in [0.1, 0.15) is 36.9 Å². The van der Waals surface area contributed by atoms with Gasteiger partial charge in [0.05, 0.1) is 25.4 Å². The highest BCUT2D eigenvalue weighted by Gasteiger charge is 2.31. The Kier molecular flexibility index (Phi) is 4.21. The van der Waals surface area contributed by atoms with Crippen molar-refractivity contribution >= 4 is 17.4 Å². The Morgan fingerprint density at radius 1 is 1.40 bits per heavy atom. The van der Waals surface area contributed by atoms with Gasteiger partial charge < -0.3 is 15.3 Å². The fraction of sp³-hybridized carbons (Fsp3) is 0.474. The van der Waals surface area contributed by atoms with E-state index in [9.17, 15) is 9.90 Å². The van der Waals surface area contributed by atoms with Gasteiger partial charge in [0.1, 0.15) is 5.82 Å². The number of aliphatic hydroxyl groups excluding tert-OH is 1. The van der Waals surface area contributed by atoms with E-state index < -0.39 is 0 Å². The molecule has 2 aromatic rings. The molecule has 1 amide bonds. The third kappa shape index (κ3) is 3.26. The van der Waals surface area contributed by atoms with E-state index in [1.807, 2.05) is 28.9 Å². The van der Waals surface area contributed by atoms with Crippen molar-refractivity contribution in [1.29, 1.82) is 0 Å². The summed E-state index contributed by atoms with van der Waals surface area (Å²) in [6, 6.07) is 8.16. The number of nitrogens with one attached hydrogen (secondary N) is 1. The number of anilines is 2. The van der Waals surface area contributed by atoms with Crippen molar-refractivity contribution in [3.05, 3.63) is 41.6 Å². The topological polar surface area (TPSA) is 70.4 Å². The molecule has 1 atom stereocenters. The predicted octanol–water partition coefficient (Wildman–Crippen LogP) is 2.35. The number of hydrogen-bond donors (Lipinski definition) is 2. The molecule has 0 spiro atoms. The van der Waals surface area contributed by atoms with Gasteiger partial charge >= 0.3 is 0 Å². The molecule has 25 heavy (non-hydrogen) atoms. The Morgan fingerprint density at radius 2 is 2.24 bits per heavy atom. The zero-order valence-electron chi connectivity index (χ0n) is 14.5. The van der Waals surface area contributed by atoms with E-state index in [1.54, 1.807) is 6.20 Å². The van der Waals surface area contributed by atoms with Crippen LogP contribution in [0.4, 0.5) is 11.5 Å². The zero-order chi connectivity index (χ0) is 17.4. The average Bonchev–Trinajstić information content (AvgIpc) is 3.26. The van der Waals surface area contributed by atoms with Crippen molar-refractivity contribution in [2.75, 3.05) is 23.3 Å². The molecular weight excluding hydrogens is 316 g/mol. The summed E-state index contributed by atoms with van der Waals surface area (Å²) in [7, 11) is 0. The largest absolute Gasteiger partial charge is 0.392 e. The van der Waals surface area contributed by atoms with Gasteiger partial charge in [-0.05, 0) is 49.3 Å². The van der Waals surface area contributed by atoms with Crippen LogP contribution in [0.25, 0.3) is 0 Å². The van der Waals surface area contributed by atoms with Crippen LogP contribution >= 0.6 is 0 Å². The number of fused-ring (bicyclic) bond motifs is 1. The number of carbonyl (C=O) groups is 1. The van der Waals surface area contributed by atoms with Crippen molar-refractivity contribution in [2.24, 2.45) is 5.92 Å². The maximum absolute atomic E-state index is 12.5. The fourth-order valence-corrected chi connectivity index (χ4v) is 3.63. The van der Waals surface area contributed by atoms with Crippen LogP contribution in [0.3, 0.4) is 0 Å². The summed E-state index contributed by atoms with van der Waals surface area (Å²) in [5.74, 6) is 1.41. The summed E-state index contributed by atoms with van der Waals surface area (Å²) < 4.78 is 1.93. The van der Waals surface area contributed by atoms with Crippen molar-refractivity contribution in [3.63, 3.8) is 0 Å². The van der Waals surface area contributed by atoms with Gasteiger partial charge in [0.25, 0.3) is 0 Å². The normalized spacial score (nSPS) is 17.4. The zero-order valence-corrected chi connectivity index (χ0v) is 14.5. The van der Waals surface area contributed by atoms with Gasteiger partial charge in [0.2, 0.25) is 5.91 Å². The van der Waals surface area contributed by atoms with Crippen molar-refractivity contribution in [1.82, 2.24) is 9.78 Å². The molecule has 1 fully saturated rings. The summed E-state index contributed by atoms with van der Waals surface area (Å²) in [4.78, 5) is 14.6. The van der Waals surface area contributed by atoms with Crippen molar-refractivity contribution in [3.8, 4) is 0 Å². The molecule has 2 N–H and O–H groups in total. The molecule has 1 unspecified atom stereocenters. The third-order valence-electron chi connectivity index (χ3n) is 5.29. The van der Waals surface area contributed by atoms with Gasteiger partial charge in [0, 0.05) is 18.3 Å². The van der Waals surface area contributed by atoms with Crippen LogP contribution in [0.5, 0.6) is 0 Å². The molecule has 2 aliphatic rings. The molecule has 1 aliphatic heterocycles. The first-order valence-electron chi connectivity index (χ1n) is 8.96. The lowest BCUT2D eigenvalue weighted by Crippen LogP contribution is -2.32. The number of nitrogens with zero attached hydrogens (tertiary/aromatic N) is 3. The Hall–Kier alpha value is -2.34. The summed E-state index contributed by atoms with van der Waals surface area (Å²) in [5.41, 5.74) is 3.17. The second-order valence-electron chi connectivity index (χ2n) is 7.08. The van der Waals surface area contributed by atoms with E-state index in [0.717, 1.165) is 30.0 Å². The first kappa shape index (κ1) is 16.1. The molecule has 6 nitrogen and oxygen atoms in total. The second-order valence-corrected chi connectivity index (χ2v) is 7.08. The average molecular weight is 340 g/mol. The third-order valence-corrected chi connectivity index (χ3v) is 5.29. The number of rotatable bonds is 6. The first-order chi connectivity index (χ1) is 12.2. The summed E-state index contributed by atoms with van der Waals surface area (Å²) >= 11 is 0. The fourth-order valence-electron chi connectivity index (χ4n) is 3.63. The summed E-state index contributed by atoms with van der Waals surface area (Å²) in [6.07, 6.45) is 5.16. The van der Waals surface area contributed by atoms with Gasteiger partial charge in [-0.3, -0.25) is 4.79 Å². The minimum atomic E-state index is -0.0352. The predicted molar refractivity (Wildman–Crippen MR) is 96.6 cm³/mol. The molecule has 0 radical (unpaired) electrons. The lowest BCUT2D eigenvalue weighted by Gasteiger charge is -2.20. The Labute approximate surface area is 147 Å². The molecular formula is C19H24N4O2. The maximum atomic E-state index is 12.5. The van der Waals surface area contributed by atoms with E-state index in [4.69, 9.17) is 0 Å². The maximum Gasteiger partial charge on any atom is 0.245 e. The van der Waals surface area contributed by atoms with E-state index in [2.05, 4.69) is 22.2 Å². The van der Waals surface area contributed by atoms with Crippen LogP contribution in [0.2, 0.25) is 0 Å². The Bertz CT molecular complexity index is 781. The van der Waals surface area contributed by atoms with Crippen LogP contribution < -0.4 is 10.2 Å². The van der Waals surface area contributed by atoms with Gasteiger partial charge in [0.15, 0.2) is 0 Å². The number of benzene rings is 1. The molecule has 0 saturated heterocycles. The molecule has 1 aromatic heterocycles.